The van der Waals surface area contributed by atoms with Crippen molar-refractivity contribution in [2.45, 2.75) is 33.1 Å². The van der Waals surface area contributed by atoms with E-state index in [2.05, 4.69) is 11.9 Å². The maximum atomic E-state index is 12.5. The van der Waals surface area contributed by atoms with Crippen molar-refractivity contribution in [1.82, 2.24) is 9.88 Å². The zero-order chi connectivity index (χ0) is 17.1. The summed E-state index contributed by atoms with van der Waals surface area (Å²) in [6.07, 6.45) is 2.70. The number of carbonyl (C=O) groups is 1. The topological polar surface area (TPSA) is 42.4 Å². The van der Waals surface area contributed by atoms with Crippen molar-refractivity contribution in [1.29, 1.82) is 0 Å². The molecular formula is C19H24N2O2S. The van der Waals surface area contributed by atoms with E-state index in [0.29, 0.717) is 6.42 Å². The van der Waals surface area contributed by atoms with Crippen LogP contribution in [0.5, 0.6) is 5.75 Å². The molecule has 3 rings (SSSR count). The molecule has 0 spiro atoms. The van der Waals surface area contributed by atoms with E-state index in [1.807, 2.05) is 36.1 Å². The molecule has 1 aromatic carbocycles. The van der Waals surface area contributed by atoms with Gasteiger partial charge >= 0.3 is 0 Å². The van der Waals surface area contributed by atoms with Crippen molar-refractivity contribution >= 4 is 17.2 Å². The molecule has 1 aromatic heterocycles. The Hall–Kier alpha value is -1.88. The van der Waals surface area contributed by atoms with Crippen LogP contribution in [0.1, 0.15) is 30.3 Å². The first-order valence-electron chi connectivity index (χ1n) is 8.45. The smallest absolute Gasteiger partial charge is 0.227 e. The lowest BCUT2D eigenvalue weighted by atomic mass is 9.99. The average Bonchev–Trinajstić information content (AvgIpc) is 2.96. The van der Waals surface area contributed by atoms with Gasteiger partial charge in [-0.3, -0.25) is 4.79 Å². The van der Waals surface area contributed by atoms with Crippen LogP contribution in [0.25, 0.3) is 10.6 Å². The number of hydrogen-bond donors (Lipinski definition) is 0. The van der Waals surface area contributed by atoms with Crippen molar-refractivity contribution in [3.8, 4) is 16.3 Å². The Bertz CT molecular complexity index is 701. The van der Waals surface area contributed by atoms with Gasteiger partial charge in [-0.15, -0.1) is 11.3 Å². The number of hydrogen-bond acceptors (Lipinski definition) is 4. The number of aryl methyl sites for hydroxylation is 1. The van der Waals surface area contributed by atoms with E-state index in [9.17, 15) is 4.79 Å². The van der Waals surface area contributed by atoms with Gasteiger partial charge in [0.05, 0.1) is 19.2 Å². The fourth-order valence-corrected chi connectivity index (χ4v) is 4.02. The summed E-state index contributed by atoms with van der Waals surface area (Å²) in [5.41, 5.74) is 2.03. The molecule has 1 amide bonds. The number of benzene rings is 1. The van der Waals surface area contributed by atoms with Gasteiger partial charge in [-0.2, -0.15) is 0 Å². The SMILES string of the molecule is COc1ccc(-c2nc(C)c(CC(=O)N3CCC(C)CC3)s2)cc1. The monoisotopic (exact) mass is 344 g/mol. The summed E-state index contributed by atoms with van der Waals surface area (Å²) in [4.78, 5) is 20.3. The maximum Gasteiger partial charge on any atom is 0.227 e. The third-order valence-electron chi connectivity index (χ3n) is 4.68. The van der Waals surface area contributed by atoms with Crippen molar-refractivity contribution in [3.05, 3.63) is 34.8 Å². The van der Waals surface area contributed by atoms with Crippen LogP contribution >= 0.6 is 11.3 Å². The number of ether oxygens (including phenoxy) is 1. The van der Waals surface area contributed by atoms with Crippen LogP contribution in [0.4, 0.5) is 0 Å². The van der Waals surface area contributed by atoms with E-state index in [1.165, 1.54) is 0 Å². The van der Waals surface area contributed by atoms with E-state index in [1.54, 1.807) is 18.4 Å². The number of aromatic nitrogens is 1. The number of methoxy groups -OCH3 is 1. The van der Waals surface area contributed by atoms with Crippen molar-refractivity contribution in [2.75, 3.05) is 20.2 Å². The molecule has 0 unspecified atom stereocenters. The van der Waals surface area contributed by atoms with Crippen LogP contribution in [0.2, 0.25) is 0 Å². The number of nitrogens with zero attached hydrogens (tertiary/aromatic N) is 2. The molecule has 0 radical (unpaired) electrons. The van der Waals surface area contributed by atoms with Crippen LogP contribution in [0.15, 0.2) is 24.3 Å². The van der Waals surface area contributed by atoms with Crippen LogP contribution in [0, 0.1) is 12.8 Å². The molecule has 24 heavy (non-hydrogen) atoms. The molecule has 2 aromatic rings. The molecule has 1 saturated heterocycles. The van der Waals surface area contributed by atoms with Crippen LogP contribution in [0.3, 0.4) is 0 Å². The molecule has 0 bridgehead atoms. The summed E-state index contributed by atoms with van der Waals surface area (Å²) in [5.74, 6) is 1.80. The molecule has 0 N–H and O–H groups in total. The van der Waals surface area contributed by atoms with Gasteiger partial charge in [-0.25, -0.2) is 4.98 Å². The molecule has 0 saturated carbocycles. The number of rotatable bonds is 4. The second kappa shape index (κ2) is 7.34. The summed E-state index contributed by atoms with van der Waals surface area (Å²) in [5, 5.41) is 0.963. The van der Waals surface area contributed by atoms with Crippen molar-refractivity contribution in [2.24, 2.45) is 5.92 Å². The number of carbonyl (C=O) groups excluding carboxylic acids is 1. The fourth-order valence-electron chi connectivity index (χ4n) is 2.96. The molecule has 2 heterocycles. The number of thiazole rings is 1. The molecule has 0 aliphatic carbocycles. The Labute approximate surface area is 147 Å². The Morgan fingerprint density at radius 2 is 1.96 bits per heavy atom. The molecule has 1 fully saturated rings. The summed E-state index contributed by atoms with van der Waals surface area (Å²) < 4.78 is 5.19. The van der Waals surface area contributed by atoms with E-state index in [0.717, 1.165) is 58.7 Å². The van der Waals surface area contributed by atoms with E-state index in [-0.39, 0.29) is 5.91 Å². The minimum absolute atomic E-state index is 0.231. The van der Waals surface area contributed by atoms with Gasteiger partial charge in [0.1, 0.15) is 10.8 Å². The fraction of sp³-hybridized carbons (Fsp3) is 0.474. The highest BCUT2D eigenvalue weighted by Gasteiger charge is 2.22. The minimum Gasteiger partial charge on any atom is -0.497 e. The van der Waals surface area contributed by atoms with Gasteiger partial charge in [0.15, 0.2) is 0 Å². The second-order valence-corrected chi connectivity index (χ2v) is 7.58. The maximum absolute atomic E-state index is 12.5. The Balaban J connectivity index is 1.70. The normalized spacial score (nSPS) is 15.5. The standard InChI is InChI=1S/C19H24N2O2S/c1-13-8-10-21(11-9-13)18(22)12-17-14(2)20-19(24-17)15-4-6-16(23-3)7-5-15/h4-7,13H,8-12H2,1-3H3. The first-order chi connectivity index (χ1) is 11.6. The third-order valence-corrected chi connectivity index (χ3v) is 5.88. The van der Waals surface area contributed by atoms with E-state index < -0.39 is 0 Å². The summed E-state index contributed by atoms with van der Waals surface area (Å²) in [7, 11) is 1.66. The quantitative estimate of drug-likeness (QED) is 0.844. The lowest BCUT2D eigenvalue weighted by molar-refractivity contribution is -0.131. The van der Waals surface area contributed by atoms with Gasteiger partial charge in [0.25, 0.3) is 0 Å². The second-order valence-electron chi connectivity index (χ2n) is 6.50. The Kier molecular flexibility index (Phi) is 5.19. The highest BCUT2D eigenvalue weighted by atomic mass is 32.1. The highest BCUT2D eigenvalue weighted by molar-refractivity contribution is 7.15. The zero-order valence-corrected chi connectivity index (χ0v) is 15.4. The van der Waals surface area contributed by atoms with Crippen LogP contribution < -0.4 is 4.74 Å². The zero-order valence-electron chi connectivity index (χ0n) is 14.5. The third kappa shape index (κ3) is 3.78. The summed E-state index contributed by atoms with van der Waals surface area (Å²) >= 11 is 1.62. The largest absolute Gasteiger partial charge is 0.497 e. The van der Waals surface area contributed by atoms with Gasteiger partial charge in [0, 0.05) is 23.5 Å². The van der Waals surface area contributed by atoms with Gasteiger partial charge < -0.3 is 9.64 Å². The molecule has 5 heteroatoms. The molecule has 0 atom stereocenters. The highest BCUT2D eigenvalue weighted by Crippen LogP contribution is 2.30. The Morgan fingerprint density at radius 3 is 2.58 bits per heavy atom. The number of amides is 1. The number of piperidine rings is 1. The molecular weight excluding hydrogens is 320 g/mol. The minimum atomic E-state index is 0.231. The molecule has 1 aliphatic rings. The van der Waals surface area contributed by atoms with Gasteiger partial charge in [0.2, 0.25) is 5.91 Å². The first-order valence-corrected chi connectivity index (χ1v) is 9.27. The Morgan fingerprint density at radius 1 is 1.29 bits per heavy atom. The first kappa shape index (κ1) is 17.0. The van der Waals surface area contributed by atoms with Crippen molar-refractivity contribution < 1.29 is 9.53 Å². The lowest BCUT2D eigenvalue weighted by Crippen LogP contribution is -2.38. The number of likely N-dealkylation sites (tertiary alicyclic amines) is 1. The molecule has 1 aliphatic heterocycles. The van der Waals surface area contributed by atoms with Gasteiger partial charge in [-0.05, 0) is 49.9 Å². The molecule has 128 valence electrons. The van der Waals surface area contributed by atoms with E-state index in [4.69, 9.17) is 4.74 Å². The summed E-state index contributed by atoms with van der Waals surface area (Å²) in [6.45, 7) is 6.03. The average molecular weight is 344 g/mol. The molecule has 4 nitrogen and oxygen atoms in total. The van der Waals surface area contributed by atoms with Crippen LogP contribution in [-0.2, 0) is 11.2 Å². The lowest BCUT2D eigenvalue weighted by Gasteiger charge is -2.30. The predicted octanol–water partition coefficient (Wildman–Crippen LogP) is 3.93. The van der Waals surface area contributed by atoms with Crippen LogP contribution in [-0.4, -0.2) is 36.0 Å². The van der Waals surface area contributed by atoms with Crippen molar-refractivity contribution in [3.63, 3.8) is 0 Å². The van der Waals surface area contributed by atoms with E-state index >= 15 is 0 Å². The van der Waals surface area contributed by atoms with Gasteiger partial charge in [-0.1, -0.05) is 6.92 Å². The predicted molar refractivity (Wildman–Crippen MR) is 97.5 cm³/mol. The summed E-state index contributed by atoms with van der Waals surface area (Å²) in [6, 6.07) is 7.89.